The molecule has 3 heterocycles. The average Bonchev–Trinajstić information content (AvgIpc) is 3.00. The Morgan fingerprint density at radius 2 is 1.84 bits per heavy atom. The second kappa shape index (κ2) is 6.84. The van der Waals surface area contributed by atoms with Gasteiger partial charge in [0.2, 0.25) is 0 Å². The first-order valence-electron chi connectivity index (χ1n) is 9.01. The number of hydrogen-bond acceptors (Lipinski definition) is 4. The first-order valence-corrected chi connectivity index (χ1v) is 9.01. The zero-order valence-corrected chi connectivity index (χ0v) is 14.5. The summed E-state index contributed by atoms with van der Waals surface area (Å²) in [5.41, 5.74) is 1.69. The standard InChI is InChI=1S/C20H24N4O/c1-24(18-5-3-2-4-6-18)19-10-7-14(13-21-19)20(25)23-17-11-15-8-9-16(12-17)22-15/h2-7,10,13,15-17,22H,8-9,11-12H2,1H3,(H,23,25). The Labute approximate surface area is 148 Å². The van der Waals surface area contributed by atoms with E-state index in [0.717, 1.165) is 24.3 Å². The van der Waals surface area contributed by atoms with E-state index < -0.39 is 0 Å². The molecule has 4 rings (SSSR count). The molecule has 0 aliphatic carbocycles. The van der Waals surface area contributed by atoms with Crippen molar-refractivity contribution in [1.29, 1.82) is 0 Å². The molecule has 2 aliphatic heterocycles. The van der Waals surface area contributed by atoms with Crippen LogP contribution in [0, 0.1) is 0 Å². The summed E-state index contributed by atoms with van der Waals surface area (Å²) in [4.78, 5) is 19.0. The van der Waals surface area contributed by atoms with E-state index in [-0.39, 0.29) is 11.9 Å². The molecule has 1 aromatic heterocycles. The topological polar surface area (TPSA) is 57.3 Å². The van der Waals surface area contributed by atoms with Crippen LogP contribution in [0.3, 0.4) is 0 Å². The van der Waals surface area contributed by atoms with Crippen molar-refractivity contribution >= 4 is 17.4 Å². The zero-order valence-electron chi connectivity index (χ0n) is 14.5. The molecule has 1 aromatic carbocycles. The fourth-order valence-electron chi connectivity index (χ4n) is 3.95. The number of anilines is 2. The molecule has 1 amide bonds. The van der Waals surface area contributed by atoms with Gasteiger partial charge in [0.15, 0.2) is 0 Å². The summed E-state index contributed by atoms with van der Waals surface area (Å²) in [6, 6.07) is 15.2. The number of fused-ring (bicyclic) bond motifs is 2. The van der Waals surface area contributed by atoms with Crippen molar-refractivity contribution in [3.8, 4) is 0 Å². The van der Waals surface area contributed by atoms with Gasteiger partial charge in [-0.05, 0) is 49.9 Å². The minimum absolute atomic E-state index is 0.0206. The molecule has 2 bridgehead atoms. The average molecular weight is 336 g/mol. The van der Waals surface area contributed by atoms with Gasteiger partial charge in [-0.15, -0.1) is 0 Å². The normalized spacial score (nSPS) is 24.8. The highest BCUT2D eigenvalue weighted by Gasteiger charge is 2.34. The summed E-state index contributed by atoms with van der Waals surface area (Å²) in [6.45, 7) is 0. The van der Waals surface area contributed by atoms with Gasteiger partial charge in [-0.2, -0.15) is 0 Å². The van der Waals surface area contributed by atoms with E-state index in [4.69, 9.17) is 0 Å². The Morgan fingerprint density at radius 1 is 1.12 bits per heavy atom. The maximum Gasteiger partial charge on any atom is 0.253 e. The second-order valence-corrected chi connectivity index (χ2v) is 7.08. The van der Waals surface area contributed by atoms with Crippen molar-refractivity contribution in [2.24, 2.45) is 0 Å². The molecular weight excluding hydrogens is 312 g/mol. The van der Waals surface area contributed by atoms with Gasteiger partial charge in [-0.1, -0.05) is 18.2 Å². The Bertz CT molecular complexity index is 719. The van der Waals surface area contributed by atoms with E-state index in [0.29, 0.717) is 17.6 Å². The molecule has 0 radical (unpaired) electrons. The predicted octanol–water partition coefficient (Wildman–Crippen LogP) is 2.86. The van der Waals surface area contributed by atoms with Crippen molar-refractivity contribution in [3.63, 3.8) is 0 Å². The number of nitrogens with zero attached hydrogens (tertiary/aromatic N) is 2. The quantitative estimate of drug-likeness (QED) is 0.901. The monoisotopic (exact) mass is 336 g/mol. The molecule has 2 aromatic rings. The van der Waals surface area contributed by atoms with Crippen LogP contribution in [0.25, 0.3) is 0 Å². The van der Waals surface area contributed by atoms with Crippen molar-refractivity contribution in [2.45, 2.75) is 43.8 Å². The summed E-state index contributed by atoms with van der Waals surface area (Å²) < 4.78 is 0. The fourth-order valence-corrected chi connectivity index (χ4v) is 3.95. The van der Waals surface area contributed by atoms with E-state index in [9.17, 15) is 4.79 Å². The third-order valence-corrected chi connectivity index (χ3v) is 5.31. The predicted molar refractivity (Wildman–Crippen MR) is 99.2 cm³/mol. The van der Waals surface area contributed by atoms with Gasteiger partial charge in [0.25, 0.3) is 5.91 Å². The van der Waals surface area contributed by atoms with Gasteiger partial charge in [0.05, 0.1) is 5.56 Å². The highest BCUT2D eigenvalue weighted by atomic mass is 16.1. The third kappa shape index (κ3) is 3.51. The van der Waals surface area contributed by atoms with E-state index in [1.54, 1.807) is 6.20 Å². The minimum atomic E-state index is -0.0206. The number of amides is 1. The molecule has 5 heteroatoms. The van der Waals surface area contributed by atoms with Crippen LogP contribution in [0.4, 0.5) is 11.5 Å². The van der Waals surface area contributed by atoms with Crippen LogP contribution in [0.15, 0.2) is 48.7 Å². The lowest BCUT2D eigenvalue weighted by Gasteiger charge is -2.29. The SMILES string of the molecule is CN(c1ccccc1)c1ccc(C(=O)NC2CC3CCC(C2)N3)cn1. The largest absolute Gasteiger partial charge is 0.349 e. The summed E-state index contributed by atoms with van der Waals surface area (Å²) in [5, 5.41) is 6.78. The minimum Gasteiger partial charge on any atom is -0.349 e. The van der Waals surface area contributed by atoms with Crippen LogP contribution in [0.5, 0.6) is 0 Å². The van der Waals surface area contributed by atoms with Crippen molar-refractivity contribution in [1.82, 2.24) is 15.6 Å². The van der Waals surface area contributed by atoms with Crippen LogP contribution in [-0.2, 0) is 0 Å². The van der Waals surface area contributed by atoms with Gasteiger partial charge in [-0.3, -0.25) is 4.79 Å². The van der Waals surface area contributed by atoms with Gasteiger partial charge >= 0.3 is 0 Å². The van der Waals surface area contributed by atoms with Crippen LogP contribution in [-0.4, -0.2) is 36.1 Å². The molecule has 0 spiro atoms. The number of nitrogens with one attached hydrogen (secondary N) is 2. The molecule has 0 saturated carbocycles. The highest BCUT2D eigenvalue weighted by Crippen LogP contribution is 2.27. The van der Waals surface area contributed by atoms with Gasteiger partial charge in [-0.25, -0.2) is 4.98 Å². The molecule has 2 N–H and O–H groups in total. The fraction of sp³-hybridized carbons (Fsp3) is 0.400. The smallest absolute Gasteiger partial charge is 0.253 e. The lowest BCUT2D eigenvalue weighted by atomic mass is 9.99. The van der Waals surface area contributed by atoms with E-state index in [1.165, 1.54) is 12.8 Å². The van der Waals surface area contributed by atoms with Gasteiger partial charge in [0, 0.05) is 37.1 Å². The molecule has 5 nitrogen and oxygen atoms in total. The molecule has 2 aliphatic rings. The third-order valence-electron chi connectivity index (χ3n) is 5.31. The Morgan fingerprint density at radius 3 is 2.48 bits per heavy atom. The lowest BCUT2D eigenvalue weighted by molar-refractivity contribution is 0.0923. The molecule has 25 heavy (non-hydrogen) atoms. The van der Waals surface area contributed by atoms with E-state index >= 15 is 0 Å². The zero-order chi connectivity index (χ0) is 17.2. The molecule has 2 fully saturated rings. The first kappa shape index (κ1) is 16.1. The van der Waals surface area contributed by atoms with Gasteiger partial charge < -0.3 is 15.5 Å². The molecule has 2 saturated heterocycles. The summed E-state index contributed by atoms with van der Waals surface area (Å²) in [5.74, 6) is 0.801. The number of pyridine rings is 1. The number of rotatable bonds is 4. The number of para-hydroxylation sites is 1. The maximum atomic E-state index is 12.5. The van der Waals surface area contributed by atoms with Crippen molar-refractivity contribution < 1.29 is 4.79 Å². The van der Waals surface area contributed by atoms with E-state index in [1.807, 2.05) is 54.4 Å². The molecule has 2 unspecified atom stereocenters. The second-order valence-electron chi connectivity index (χ2n) is 7.08. The van der Waals surface area contributed by atoms with Gasteiger partial charge in [0.1, 0.15) is 5.82 Å². The number of piperidine rings is 1. The lowest BCUT2D eigenvalue weighted by Crippen LogP contribution is -2.48. The molecular formula is C20H24N4O. The Kier molecular flexibility index (Phi) is 4.40. The van der Waals surface area contributed by atoms with Crippen LogP contribution >= 0.6 is 0 Å². The number of carbonyl (C=O) groups excluding carboxylic acids is 1. The Hall–Kier alpha value is -2.40. The number of aromatic nitrogens is 1. The van der Waals surface area contributed by atoms with Crippen molar-refractivity contribution in [2.75, 3.05) is 11.9 Å². The summed E-state index contributed by atoms with van der Waals surface area (Å²) >= 11 is 0. The maximum absolute atomic E-state index is 12.5. The number of hydrogen-bond donors (Lipinski definition) is 2. The van der Waals surface area contributed by atoms with E-state index in [2.05, 4.69) is 15.6 Å². The van der Waals surface area contributed by atoms with Crippen LogP contribution in [0.2, 0.25) is 0 Å². The summed E-state index contributed by atoms with van der Waals surface area (Å²) in [6.07, 6.45) is 6.20. The van der Waals surface area contributed by atoms with Crippen LogP contribution in [0.1, 0.15) is 36.0 Å². The van der Waals surface area contributed by atoms with Crippen LogP contribution < -0.4 is 15.5 Å². The first-order chi connectivity index (χ1) is 12.2. The number of carbonyl (C=O) groups is 1. The summed E-state index contributed by atoms with van der Waals surface area (Å²) in [7, 11) is 1.97. The molecule has 2 atom stereocenters. The number of benzene rings is 1. The van der Waals surface area contributed by atoms with Crippen molar-refractivity contribution in [3.05, 3.63) is 54.2 Å². The molecule has 130 valence electrons. The highest BCUT2D eigenvalue weighted by molar-refractivity contribution is 5.94. The Balaban J connectivity index is 1.40.